The van der Waals surface area contributed by atoms with Crippen LogP contribution in [0, 0.1) is 22.9 Å². The van der Waals surface area contributed by atoms with Crippen molar-refractivity contribution in [2.24, 2.45) is 0 Å². The first-order valence-electron chi connectivity index (χ1n) is 6.25. The van der Waals surface area contributed by atoms with E-state index in [0.717, 1.165) is 17.5 Å². The lowest BCUT2D eigenvalue weighted by Gasteiger charge is -2.06. The molecule has 1 aromatic carbocycles. The molecule has 0 aliphatic carbocycles. The minimum absolute atomic E-state index is 0.234. The molecule has 0 bridgehead atoms. The highest BCUT2D eigenvalue weighted by Gasteiger charge is 2.11. The maximum absolute atomic E-state index is 12.9. The van der Waals surface area contributed by atoms with Crippen LogP contribution < -0.4 is 5.32 Å². The molecule has 1 N–H and O–H groups in total. The van der Waals surface area contributed by atoms with Crippen molar-refractivity contribution in [3.63, 3.8) is 0 Å². The van der Waals surface area contributed by atoms with Crippen LogP contribution >= 0.6 is 0 Å². The summed E-state index contributed by atoms with van der Waals surface area (Å²) in [6.07, 6.45) is 0.759. The van der Waals surface area contributed by atoms with Crippen molar-refractivity contribution >= 4 is 5.88 Å². The van der Waals surface area contributed by atoms with Gasteiger partial charge < -0.3 is 9.73 Å². The van der Waals surface area contributed by atoms with Crippen LogP contribution in [-0.4, -0.2) is 11.5 Å². The van der Waals surface area contributed by atoms with Gasteiger partial charge >= 0.3 is 5.88 Å². The molecule has 6 heteroatoms. The molecule has 1 aromatic heterocycles. The number of rotatable bonds is 6. The fourth-order valence-electron chi connectivity index (χ4n) is 1.93. The lowest BCUT2D eigenvalue weighted by atomic mass is 10.1. The second-order valence-electron chi connectivity index (χ2n) is 4.49. The molecule has 0 saturated heterocycles. The van der Waals surface area contributed by atoms with E-state index >= 15 is 0 Å². The number of nitrogens with zero attached hydrogens (tertiary/aromatic N) is 1. The fraction of sp³-hybridized carbons (Fsp3) is 0.286. The Morgan fingerprint density at radius 1 is 1.35 bits per heavy atom. The van der Waals surface area contributed by atoms with E-state index in [-0.39, 0.29) is 11.7 Å². The van der Waals surface area contributed by atoms with Gasteiger partial charge in [0, 0.05) is 0 Å². The van der Waals surface area contributed by atoms with E-state index in [1.807, 2.05) is 6.92 Å². The van der Waals surface area contributed by atoms with E-state index in [2.05, 4.69) is 5.32 Å². The van der Waals surface area contributed by atoms with Crippen molar-refractivity contribution in [2.45, 2.75) is 19.9 Å². The first-order chi connectivity index (χ1) is 9.56. The molecule has 0 radical (unpaired) electrons. The zero-order valence-corrected chi connectivity index (χ0v) is 11.1. The monoisotopic (exact) mass is 278 g/mol. The zero-order valence-electron chi connectivity index (χ0n) is 11.1. The first kappa shape index (κ1) is 14.2. The molecule has 2 aromatic rings. The summed E-state index contributed by atoms with van der Waals surface area (Å²) in [6, 6.07) is 7.63. The van der Waals surface area contributed by atoms with E-state index in [1.54, 1.807) is 12.1 Å². The standard InChI is InChI=1S/C14H15FN2O3/c1-10-8-12(15)3-2-11(10)6-7-16-9-13-4-5-14(20-13)17(18)19/h2-5,8,16H,6-7,9H2,1H3. The molecule has 0 unspecified atom stereocenters. The van der Waals surface area contributed by atoms with Crippen molar-refractivity contribution in [1.29, 1.82) is 0 Å². The third-order valence-corrected chi connectivity index (χ3v) is 3.00. The number of nitro groups is 1. The molecule has 0 atom stereocenters. The van der Waals surface area contributed by atoms with Gasteiger partial charge in [0.1, 0.15) is 16.5 Å². The lowest BCUT2D eigenvalue weighted by molar-refractivity contribution is -0.402. The third kappa shape index (κ3) is 3.64. The topological polar surface area (TPSA) is 68.3 Å². The van der Waals surface area contributed by atoms with Gasteiger partial charge in [0.2, 0.25) is 0 Å². The van der Waals surface area contributed by atoms with Gasteiger partial charge in [-0.2, -0.15) is 0 Å². The van der Waals surface area contributed by atoms with Gasteiger partial charge in [0.05, 0.1) is 12.6 Å². The summed E-state index contributed by atoms with van der Waals surface area (Å²) < 4.78 is 18.0. The van der Waals surface area contributed by atoms with Gasteiger partial charge in [-0.25, -0.2) is 4.39 Å². The molecule has 0 fully saturated rings. The summed E-state index contributed by atoms with van der Waals surface area (Å²) in [5, 5.41) is 13.6. The Hall–Kier alpha value is -2.21. The predicted octanol–water partition coefficient (Wildman–Crippen LogP) is 2.97. The molecule has 0 saturated carbocycles. The summed E-state index contributed by atoms with van der Waals surface area (Å²) in [7, 11) is 0. The Bertz CT molecular complexity index is 610. The molecule has 0 amide bonds. The first-order valence-corrected chi connectivity index (χ1v) is 6.25. The summed E-state index contributed by atoms with van der Waals surface area (Å²) in [6.45, 7) is 2.98. The van der Waals surface area contributed by atoms with Crippen LogP contribution in [0.4, 0.5) is 10.3 Å². The van der Waals surface area contributed by atoms with Crippen LogP contribution in [0.15, 0.2) is 34.7 Å². The molecule has 5 nitrogen and oxygen atoms in total. The third-order valence-electron chi connectivity index (χ3n) is 3.00. The van der Waals surface area contributed by atoms with Crippen molar-refractivity contribution in [3.8, 4) is 0 Å². The van der Waals surface area contributed by atoms with Crippen LogP contribution in [0.3, 0.4) is 0 Å². The average Bonchev–Trinajstić information content (AvgIpc) is 2.85. The number of halogens is 1. The van der Waals surface area contributed by atoms with Crippen molar-refractivity contribution < 1.29 is 13.7 Å². The van der Waals surface area contributed by atoms with E-state index in [1.165, 1.54) is 18.2 Å². The zero-order chi connectivity index (χ0) is 14.5. The van der Waals surface area contributed by atoms with Gasteiger partial charge in [-0.3, -0.25) is 10.1 Å². The second-order valence-corrected chi connectivity index (χ2v) is 4.49. The Labute approximate surface area is 115 Å². The van der Waals surface area contributed by atoms with Gasteiger partial charge in [-0.05, 0) is 49.2 Å². The number of hydrogen-bond acceptors (Lipinski definition) is 4. The number of hydrogen-bond donors (Lipinski definition) is 1. The summed E-state index contributed by atoms with van der Waals surface area (Å²) in [5.74, 6) is 0.0332. The van der Waals surface area contributed by atoms with Gasteiger partial charge in [0.25, 0.3) is 0 Å². The van der Waals surface area contributed by atoms with Gasteiger partial charge in [0.15, 0.2) is 0 Å². The Balaban J connectivity index is 1.79. The van der Waals surface area contributed by atoms with Crippen molar-refractivity contribution in [2.75, 3.05) is 6.54 Å². The van der Waals surface area contributed by atoms with Crippen LogP contribution in [0.25, 0.3) is 0 Å². The number of aryl methyl sites for hydroxylation is 1. The minimum Gasteiger partial charge on any atom is -0.404 e. The molecular formula is C14H15FN2O3. The fourth-order valence-corrected chi connectivity index (χ4v) is 1.93. The maximum Gasteiger partial charge on any atom is 0.433 e. The van der Waals surface area contributed by atoms with E-state index in [4.69, 9.17) is 4.42 Å². The highest BCUT2D eigenvalue weighted by atomic mass is 19.1. The highest BCUT2D eigenvalue weighted by Crippen LogP contribution is 2.15. The van der Waals surface area contributed by atoms with Crippen molar-refractivity contribution in [1.82, 2.24) is 5.32 Å². The summed E-state index contributed by atoms with van der Waals surface area (Å²) in [4.78, 5) is 9.89. The molecular weight excluding hydrogens is 263 g/mol. The number of furan rings is 1. The normalized spacial score (nSPS) is 10.7. The molecule has 106 valence electrons. The Morgan fingerprint density at radius 2 is 2.15 bits per heavy atom. The number of benzene rings is 1. The van der Waals surface area contributed by atoms with Gasteiger partial charge in [-0.15, -0.1) is 0 Å². The molecule has 0 aliphatic rings. The SMILES string of the molecule is Cc1cc(F)ccc1CCNCc1ccc([N+](=O)[O-])o1. The predicted molar refractivity (Wildman–Crippen MR) is 71.9 cm³/mol. The molecule has 2 rings (SSSR count). The maximum atomic E-state index is 12.9. The molecule has 0 spiro atoms. The van der Waals surface area contributed by atoms with Crippen molar-refractivity contribution in [3.05, 3.63) is 63.2 Å². The van der Waals surface area contributed by atoms with Crippen LogP contribution in [0.1, 0.15) is 16.9 Å². The number of nitrogens with one attached hydrogen (secondary N) is 1. The summed E-state index contributed by atoms with van der Waals surface area (Å²) >= 11 is 0. The average molecular weight is 278 g/mol. The van der Waals surface area contributed by atoms with Gasteiger partial charge in [-0.1, -0.05) is 6.07 Å². The smallest absolute Gasteiger partial charge is 0.404 e. The van der Waals surface area contributed by atoms with E-state index in [0.29, 0.717) is 18.8 Å². The minimum atomic E-state index is -0.564. The lowest BCUT2D eigenvalue weighted by Crippen LogP contribution is -2.16. The van der Waals surface area contributed by atoms with E-state index in [9.17, 15) is 14.5 Å². The molecule has 1 heterocycles. The van der Waals surface area contributed by atoms with Crippen LogP contribution in [0.2, 0.25) is 0 Å². The Kier molecular flexibility index (Phi) is 4.47. The Morgan fingerprint density at radius 3 is 2.80 bits per heavy atom. The summed E-state index contributed by atoms with van der Waals surface area (Å²) in [5.41, 5.74) is 1.99. The van der Waals surface area contributed by atoms with E-state index < -0.39 is 4.92 Å². The second kappa shape index (κ2) is 6.29. The quantitative estimate of drug-likeness (QED) is 0.501. The van der Waals surface area contributed by atoms with Crippen LogP contribution in [-0.2, 0) is 13.0 Å². The molecule has 0 aliphatic heterocycles. The largest absolute Gasteiger partial charge is 0.433 e. The molecule has 20 heavy (non-hydrogen) atoms. The van der Waals surface area contributed by atoms with Crippen LogP contribution in [0.5, 0.6) is 0 Å². The highest BCUT2D eigenvalue weighted by molar-refractivity contribution is 5.26.